The second-order valence-electron chi connectivity index (χ2n) is 5.44. The van der Waals surface area contributed by atoms with Gasteiger partial charge in [0.25, 0.3) is 0 Å². The summed E-state index contributed by atoms with van der Waals surface area (Å²) in [7, 11) is 0. The molecule has 0 saturated carbocycles. The lowest BCUT2D eigenvalue weighted by Gasteiger charge is -2.31. The zero-order chi connectivity index (χ0) is 13.9. The van der Waals surface area contributed by atoms with Gasteiger partial charge >= 0.3 is 0 Å². The number of hydrogen-bond acceptors (Lipinski definition) is 3. The molecule has 5 heteroatoms. The normalized spacial score (nSPS) is 24.4. The van der Waals surface area contributed by atoms with Gasteiger partial charge in [-0.05, 0) is 12.5 Å². The fourth-order valence-corrected chi connectivity index (χ4v) is 3.04. The lowest BCUT2D eigenvalue weighted by Crippen LogP contribution is -2.51. The molecule has 1 N–H and O–H groups in total. The molecule has 1 amide bonds. The van der Waals surface area contributed by atoms with Gasteiger partial charge in [-0.2, -0.15) is 0 Å². The maximum atomic E-state index is 13.7. The molecule has 0 aliphatic carbocycles. The van der Waals surface area contributed by atoms with Crippen molar-refractivity contribution in [3.8, 4) is 0 Å². The van der Waals surface area contributed by atoms with E-state index in [2.05, 4.69) is 10.2 Å². The van der Waals surface area contributed by atoms with Crippen LogP contribution in [0.2, 0.25) is 0 Å². The molecule has 0 spiro atoms. The fourth-order valence-electron chi connectivity index (χ4n) is 3.04. The van der Waals surface area contributed by atoms with Gasteiger partial charge in [0.15, 0.2) is 0 Å². The molecular formula is C15H20FN3O. The Balaban J connectivity index is 1.65. The first-order valence-electron chi connectivity index (χ1n) is 7.22. The van der Waals surface area contributed by atoms with Crippen molar-refractivity contribution in [3.05, 3.63) is 35.6 Å². The lowest BCUT2D eigenvalue weighted by molar-refractivity contribution is -0.132. The van der Waals surface area contributed by atoms with Crippen molar-refractivity contribution in [2.75, 3.05) is 32.7 Å². The van der Waals surface area contributed by atoms with Gasteiger partial charge in [0.1, 0.15) is 5.82 Å². The number of nitrogens with one attached hydrogen (secondary N) is 1. The second-order valence-corrected chi connectivity index (χ2v) is 5.44. The Morgan fingerprint density at radius 2 is 1.95 bits per heavy atom. The highest BCUT2D eigenvalue weighted by Gasteiger charge is 2.36. The van der Waals surface area contributed by atoms with Crippen LogP contribution in [0.4, 0.5) is 4.39 Å². The van der Waals surface area contributed by atoms with Crippen LogP contribution in [0.15, 0.2) is 24.3 Å². The van der Waals surface area contributed by atoms with Gasteiger partial charge in [-0.1, -0.05) is 18.2 Å². The van der Waals surface area contributed by atoms with Crippen molar-refractivity contribution in [1.29, 1.82) is 0 Å². The molecule has 20 heavy (non-hydrogen) atoms. The van der Waals surface area contributed by atoms with Crippen LogP contribution in [0.3, 0.4) is 0 Å². The smallest absolute Gasteiger partial charge is 0.240 e. The minimum atomic E-state index is -0.231. The Morgan fingerprint density at radius 3 is 2.70 bits per heavy atom. The Bertz CT molecular complexity index is 488. The predicted molar refractivity (Wildman–Crippen MR) is 74.7 cm³/mol. The van der Waals surface area contributed by atoms with Crippen molar-refractivity contribution >= 4 is 5.91 Å². The van der Waals surface area contributed by atoms with Crippen molar-refractivity contribution in [3.63, 3.8) is 0 Å². The van der Waals surface area contributed by atoms with E-state index in [1.54, 1.807) is 17.0 Å². The van der Waals surface area contributed by atoms with Gasteiger partial charge in [0, 0.05) is 44.8 Å². The first kappa shape index (κ1) is 13.5. The average molecular weight is 277 g/mol. The minimum Gasteiger partial charge on any atom is -0.337 e. The molecule has 2 heterocycles. The molecule has 1 aromatic carbocycles. The highest BCUT2D eigenvalue weighted by molar-refractivity contribution is 5.84. The largest absolute Gasteiger partial charge is 0.337 e. The van der Waals surface area contributed by atoms with Crippen molar-refractivity contribution < 1.29 is 9.18 Å². The SMILES string of the molecule is O=C1C(N2CCNCC2)CCN1Cc1ccccc1F. The molecule has 2 saturated heterocycles. The zero-order valence-corrected chi connectivity index (χ0v) is 11.5. The Kier molecular flexibility index (Phi) is 3.98. The highest BCUT2D eigenvalue weighted by Crippen LogP contribution is 2.21. The summed E-state index contributed by atoms with van der Waals surface area (Å²) in [5, 5.41) is 3.30. The van der Waals surface area contributed by atoms with E-state index in [9.17, 15) is 9.18 Å². The highest BCUT2D eigenvalue weighted by atomic mass is 19.1. The van der Waals surface area contributed by atoms with Crippen LogP contribution >= 0.6 is 0 Å². The van der Waals surface area contributed by atoms with E-state index in [0.29, 0.717) is 12.1 Å². The summed E-state index contributed by atoms with van der Waals surface area (Å²) in [6.45, 7) is 4.83. The zero-order valence-electron chi connectivity index (χ0n) is 11.5. The number of carbonyl (C=O) groups excluding carboxylic acids is 1. The molecule has 2 fully saturated rings. The summed E-state index contributed by atoms with van der Waals surface area (Å²) in [5.74, 6) is -0.0823. The molecule has 3 rings (SSSR count). The van der Waals surface area contributed by atoms with Gasteiger partial charge in [-0.15, -0.1) is 0 Å². The van der Waals surface area contributed by atoms with Crippen LogP contribution in [0.5, 0.6) is 0 Å². The average Bonchev–Trinajstić information content (AvgIpc) is 2.84. The van der Waals surface area contributed by atoms with Crippen LogP contribution in [-0.4, -0.2) is 54.5 Å². The van der Waals surface area contributed by atoms with Crippen molar-refractivity contribution in [1.82, 2.24) is 15.1 Å². The number of nitrogens with zero attached hydrogens (tertiary/aromatic N) is 2. The number of rotatable bonds is 3. The summed E-state index contributed by atoms with van der Waals surface area (Å²) in [5.41, 5.74) is 0.599. The topological polar surface area (TPSA) is 35.6 Å². The Hall–Kier alpha value is -1.46. The van der Waals surface area contributed by atoms with E-state index < -0.39 is 0 Å². The van der Waals surface area contributed by atoms with E-state index in [1.807, 2.05) is 6.07 Å². The lowest BCUT2D eigenvalue weighted by atomic mass is 10.2. The van der Waals surface area contributed by atoms with E-state index in [0.717, 1.165) is 39.1 Å². The maximum Gasteiger partial charge on any atom is 0.240 e. The van der Waals surface area contributed by atoms with E-state index in [-0.39, 0.29) is 17.8 Å². The van der Waals surface area contributed by atoms with Gasteiger partial charge in [-0.3, -0.25) is 9.69 Å². The molecule has 0 radical (unpaired) electrons. The third-order valence-electron chi connectivity index (χ3n) is 4.18. The van der Waals surface area contributed by atoms with Crippen LogP contribution in [0, 0.1) is 5.82 Å². The minimum absolute atomic E-state index is 0.0103. The first-order valence-corrected chi connectivity index (χ1v) is 7.22. The third-order valence-corrected chi connectivity index (χ3v) is 4.18. The number of likely N-dealkylation sites (tertiary alicyclic amines) is 1. The number of halogens is 1. The van der Waals surface area contributed by atoms with E-state index >= 15 is 0 Å². The number of benzene rings is 1. The molecule has 4 nitrogen and oxygen atoms in total. The molecule has 1 unspecified atom stereocenters. The van der Waals surface area contributed by atoms with Crippen LogP contribution in [0.25, 0.3) is 0 Å². The summed E-state index contributed by atoms with van der Waals surface area (Å²) in [4.78, 5) is 16.5. The van der Waals surface area contributed by atoms with Gasteiger partial charge < -0.3 is 10.2 Å². The maximum absolute atomic E-state index is 13.7. The number of piperazine rings is 1. The molecule has 108 valence electrons. The molecule has 0 bridgehead atoms. The molecule has 0 aromatic heterocycles. The van der Waals surface area contributed by atoms with Crippen molar-refractivity contribution in [2.24, 2.45) is 0 Å². The van der Waals surface area contributed by atoms with E-state index in [1.165, 1.54) is 6.07 Å². The van der Waals surface area contributed by atoms with E-state index in [4.69, 9.17) is 0 Å². The molecule has 1 atom stereocenters. The van der Waals surface area contributed by atoms with Gasteiger partial charge in [-0.25, -0.2) is 4.39 Å². The quantitative estimate of drug-likeness (QED) is 0.889. The molecule has 2 aliphatic heterocycles. The molecule has 2 aliphatic rings. The van der Waals surface area contributed by atoms with Crippen LogP contribution < -0.4 is 5.32 Å². The van der Waals surface area contributed by atoms with Crippen LogP contribution in [-0.2, 0) is 11.3 Å². The summed E-state index contributed by atoms with van der Waals surface area (Å²) < 4.78 is 13.7. The number of hydrogen-bond donors (Lipinski definition) is 1. The molecule has 1 aromatic rings. The summed E-state index contributed by atoms with van der Waals surface area (Å²) in [6, 6.07) is 6.68. The van der Waals surface area contributed by atoms with Crippen LogP contribution in [0.1, 0.15) is 12.0 Å². The predicted octanol–water partition coefficient (Wildman–Crippen LogP) is 0.832. The summed E-state index contributed by atoms with van der Waals surface area (Å²) in [6.07, 6.45) is 0.854. The van der Waals surface area contributed by atoms with Gasteiger partial charge in [0.05, 0.1) is 6.04 Å². The standard InChI is InChI=1S/C15H20FN3O/c16-13-4-2-1-3-12(13)11-19-8-5-14(15(19)20)18-9-6-17-7-10-18/h1-4,14,17H,5-11H2. The number of amides is 1. The third kappa shape index (κ3) is 2.69. The Morgan fingerprint density at radius 1 is 1.20 bits per heavy atom. The number of carbonyl (C=O) groups is 1. The molecular weight excluding hydrogens is 257 g/mol. The fraction of sp³-hybridized carbons (Fsp3) is 0.533. The van der Waals surface area contributed by atoms with Crippen molar-refractivity contribution in [2.45, 2.75) is 19.0 Å². The van der Waals surface area contributed by atoms with Gasteiger partial charge in [0.2, 0.25) is 5.91 Å². The summed E-state index contributed by atoms with van der Waals surface area (Å²) >= 11 is 0. The Labute approximate surface area is 118 Å². The second kappa shape index (κ2) is 5.89. The first-order chi connectivity index (χ1) is 9.75. The monoisotopic (exact) mass is 277 g/mol.